The number of likely N-dealkylation sites (tertiary alicyclic amines) is 1. The van der Waals surface area contributed by atoms with Crippen molar-refractivity contribution in [3.05, 3.63) is 155 Å². The molecular weight excluding hydrogens is 714 g/mol. The number of esters is 1. The maximum absolute atomic E-state index is 14.2. The Balaban J connectivity index is 1.38. The second kappa shape index (κ2) is 15.9. The molecule has 1 unspecified atom stereocenters. The molecule has 10 nitrogen and oxygen atoms in total. The SMILES string of the molecule is CC(=O)OC(C)OC(=O)N1CCC[C@@H](C(=O)Nc2nn(C(c3ccccc3)(c3ccccc3)c3ccccc3)c3ccc(-c4cc(C#N)ccc4Cl)cc23)C1. The van der Waals surface area contributed by atoms with Crippen molar-refractivity contribution in [1.82, 2.24) is 14.7 Å². The summed E-state index contributed by atoms with van der Waals surface area (Å²) >= 11 is 6.71. The minimum absolute atomic E-state index is 0.111. The van der Waals surface area contributed by atoms with Crippen molar-refractivity contribution in [2.45, 2.75) is 38.5 Å². The van der Waals surface area contributed by atoms with Gasteiger partial charge in [-0.25, -0.2) is 9.48 Å². The molecule has 2 heterocycles. The van der Waals surface area contributed by atoms with E-state index in [1.807, 2.05) is 77.5 Å². The van der Waals surface area contributed by atoms with Gasteiger partial charge in [-0.2, -0.15) is 10.4 Å². The van der Waals surface area contributed by atoms with Crippen LogP contribution in [0.3, 0.4) is 0 Å². The lowest BCUT2D eigenvalue weighted by Gasteiger charge is -2.37. The number of fused-ring (bicyclic) bond motifs is 1. The van der Waals surface area contributed by atoms with Crippen molar-refractivity contribution in [3.63, 3.8) is 0 Å². The highest BCUT2D eigenvalue weighted by atomic mass is 35.5. The Kier molecular flexibility index (Phi) is 10.7. The summed E-state index contributed by atoms with van der Waals surface area (Å²) in [5.41, 5.74) is 4.46. The average molecular weight is 752 g/mol. The van der Waals surface area contributed by atoms with Gasteiger partial charge in [0.1, 0.15) is 5.54 Å². The molecule has 0 bridgehead atoms. The number of nitrogens with zero attached hydrogens (tertiary/aromatic N) is 4. The van der Waals surface area contributed by atoms with Crippen molar-refractivity contribution < 1.29 is 23.9 Å². The van der Waals surface area contributed by atoms with Crippen molar-refractivity contribution >= 4 is 46.3 Å². The van der Waals surface area contributed by atoms with Gasteiger partial charge in [0.25, 0.3) is 0 Å². The summed E-state index contributed by atoms with van der Waals surface area (Å²) in [5, 5.41) is 19.2. The summed E-state index contributed by atoms with van der Waals surface area (Å²) in [6.07, 6.45) is -0.621. The van der Waals surface area contributed by atoms with E-state index in [9.17, 15) is 19.6 Å². The van der Waals surface area contributed by atoms with Gasteiger partial charge in [-0.05, 0) is 65.4 Å². The number of nitrogens with one attached hydrogen (secondary N) is 1. The first-order valence-electron chi connectivity index (χ1n) is 18.0. The van der Waals surface area contributed by atoms with E-state index in [1.54, 1.807) is 18.2 Å². The summed E-state index contributed by atoms with van der Waals surface area (Å²) < 4.78 is 12.3. The number of hydrogen-bond donors (Lipinski definition) is 1. The molecule has 1 fully saturated rings. The molecule has 7 rings (SSSR count). The van der Waals surface area contributed by atoms with Crippen LogP contribution >= 0.6 is 11.6 Å². The average Bonchev–Trinajstić information content (AvgIpc) is 3.56. The monoisotopic (exact) mass is 751 g/mol. The minimum atomic E-state index is -1.06. The number of nitriles is 1. The molecule has 1 aliphatic rings. The second-order valence-electron chi connectivity index (χ2n) is 13.4. The third-order valence-corrected chi connectivity index (χ3v) is 10.2. The Bertz CT molecular complexity index is 2300. The number of rotatable bonds is 9. The fraction of sp³-hybridized carbons (Fsp3) is 0.205. The van der Waals surface area contributed by atoms with Gasteiger partial charge >= 0.3 is 12.1 Å². The van der Waals surface area contributed by atoms with Crippen LogP contribution in [0.15, 0.2) is 127 Å². The van der Waals surface area contributed by atoms with Crippen molar-refractivity contribution in [3.8, 4) is 17.2 Å². The molecule has 55 heavy (non-hydrogen) atoms. The zero-order chi connectivity index (χ0) is 38.5. The predicted molar refractivity (Wildman–Crippen MR) is 210 cm³/mol. The molecule has 276 valence electrons. The maximum Gasteiger partial charge on any atom is 0.412 e. The number of piperidine rings is 1. The maximum atomic E-state index is 14.2. The van der Waals surface area contributed by atoms with E-state index in [0.29, 0.717) is 46.7 Å². The highest BCUT2D eigenvalue weighted by Gasteiger charge is 2.41. The van der Waals surface area contributed by atoms with Crippen molar-refractivity contribution in [1.29, 1.82) is 5.26 Å². The summed E-state index contributed by atoms with van der Waals surface area (Å²) in [6, 6.07) is 43.5. The highest BCUT2D eigenvalue weighted by Crippen LogP contribution is 2.44. The number of halogens is 1. The predicted octanol–water partition coefficient (Wildman–Crippen LogP) is 8.76. The van der Waals surface area contributed by atoms with Gasteiger partial charge in [0.15, 0.2) is 5.82 Å². The van der Waals surface area contributed by atoms with Gasteiger partial charge in [0.2, 0.25) is 12.2 Å². The number of ether oxygens (including phenoxy) is 2. The Morgan fingerprint density at radius 1 is 0.873 bits per heavy atom. The zero-order valence-electron chi connectivity index (χ0n) is 30.3. The third-order valence-electron chi connectivity index (χ3n) is 9.87. The zero-order valence-corrected chi connectivity index (χ0v) is 31.1. The van der Waals surface area contributed by atoms with E-state index in [-0.39, 0.29) is 12.5 Å². The van der Waals surface area contributed by atoms with Crippen LogP contribution in [0.25, 0.3) is 22.0 Å². The van der Waals surface area contributed by atoms with Crippen LogP contribution in [0, 0.1) is 17.2 Å². The summed E-state index contributed by atoms with van der Waals surface area (Å²) in [6.45, 7) is 3.21. The van der Waals surface area contributed by atoms with E-state index in [0.717, 1.165) is 27.8 Å². The lowest BCUT2D eigenvalue weighted by Crippen LogP contribution is -2.45. The first-order valence-corrected chi connectivity index (χ1v) is 18.4. The van der Waals surface area contributed by atoms with Gasteiger partial charge in [0, 0.05) is 42.9 Å². The lowest BCUT2D eigenvalue weighted by atomic mass is 9.77. The van der Waals surface area contributed by atoms with Gasteiger partial charge < -0.3 is 19.7 Å². The number of anilines is 1. The smallest absolute Gasteiger partial charge is 0.412 e. The third kappa shape index (κ3) is 7.39. The molecule has 0 saturated carbocycles. The quantitative estimate of drug-likeness (QED) is 0.0889. The molecule has 6 aromatic rings. The molecule has 1 aromatic heterocycles. The van der Waals surface area contributed by atoms with Gasteiger partial charge in [-0.15, -0.1) is 0 Å². The van der Waals surface area contributed by atoms with E-state index >= 15 is 0 Å². The van der Waals surface area contributed by atoms with Gasteiger partial charge in [-0.1, -0.05) is 109 Å². The fourth-order valence-electron chi connectivity index (χ4n) is 7.40. The van der Waals surface area contributed by atoms with Crippen LogP contribution < -0.4 is 5.32 Å². The molecule has 0 spiro atoms. The molecule has 1 aliphatic heterocycles. The van der Waals surface area contributed by atoms with Crippen LogP contribution in [0.1, 0.15) is 48.9 Å². The Morgan fingerprint density at radius 3 is 2.07 bits per heavy atom. The van der Waals surface area contributed by atoms with Crippen molar-refractivity contribution in [2.24, 2.45) is 5.92 Å². The summed E-state index contributed by atoms with van der Waals surface area (Å²) in [4.78, 5) is 40.1. The van der Waals surface area contributed by atoms with E-state index in [1.165, 1.54) is 18.7 Å². The molecular formula is C44H38ClN5O5. The Labute approximate surface area is 323 Å². The van der Waals surface area contributed by atoms with Crippen LogP contribution in [0.4, 0.5) is 10.6 Å². The Morgan fingerprint density at radius 2 is 1.49 bits per heavy atom. The molecule has 5 aromatic carbocycles. The second-order valence-corrected chi connectivity index (χ2v) is 13.8. The molecule has 1 N–H and O–H groups in total. The topological polar surface area (TPSA) is 127 Å². The van der Waals surface area contributed by atoms with Crippen LogP contribution in [-0.2, 0) is 24.6 Å². The number of aromatic nitrogens is 2. The first-order chi connectivity index (χ1) is 26.7. The van der Waals surface area contributed by atoms with Crippen LogP contribution in [0.5, 0.6) is 0 Å². The number of carbonyl (C=O) groups is 3. The number of hydrogen-bond acceptors (Lipinski definition) is 7. The van der Waals surface area contributed by atoms with E-state index in [2.05, 4.69) is 47.8 Å². The highest BCUT2D eigenvalue weighted by molar-refractivity contribution is 6.33. The minimum Gasteiger partial charge on any atom is -0.426 e. The molecule has 0 radical (unpaired) electrons. The van der Waals surface area contributed by atoms with Crippen molar-refractivity contribution in [2.75, 3.05) is 18.4 Å². The largest absolute Gasteiger partial charge is 0.426 e. The van der Waals surface area contributed by atoms with E-state index in [4.69, 9.17) is 26.2 Å². The van der Waals surface area contributed by atoms with Crippen LogP contribution in [0.2, 0.25) is 5.02 Å². The standard InChI is InChI=1S/C44H38ClN5O5/c1-29(51)54-30(2)55-43(53)49-24-12-13-33(28-49)42(52)47-41-38-26-32(37-25-31(27-46)20-22-39(37)45)21-23-40(38)50(48-41)44(34-14-6-3-7-15-34,35-16-8-4-9-17-35)36-18-10-5-11-19-36/h3-11,14-23,25-26,30,33H,12-13,24,28H2,1-2H3,(H,47,48,52)/t30?,33-/m1/s1. The summed E-state index contributed by atoms with van der Waals surface area (Å²) in [7, 11) is 0. The lowest BCUT2D eigenvalue weighted by molar-refractivity contribution is -0.163. The number of benzene rings is 5. The molecule has 2 amide bonds. The van der Waals surface area contributed by atoms with E-state index < -0.39 is 29.8 Å². The number of carbonyl (C=O) groups excluding carboxylic acids is 3. The normalized spacial score (nSPS) is 14.8. The number of amides is 2. The fourth-order valence-corrected chi connectivity index (χ4v) is 7.63. The molecule has 2 atom stereocenters. The van der Waals surface area contributed by atoms with Gasteiger partial charge in [0.05, 0.1) is 23.1 Å². The summed E-state index contributed by atoms with van der Waals surface area (Å²) in [5.74, 6) is -1.12. The molecule has 0 aliphatic carbocycles. The molecule has 1 saturated heterocycles. The van der Waals surface area contributed by atoms with Gasteiger partial charge in [-0.3, -0.25) is 9.59 Å². The Hall–Kier alpha value is -6.44. The van der Waals surface area contributed by atoms with Crippen LogP contribution in [-0.4, -0.2) is 52.0 Å². The molecule has 11 heteroatoms. The first kappa shape index (κ1) is 36.9.